The smallest absolute Gasteiger partial charge is 0.242 e. The van der Waals surface area contributed by atoms with Gasteiger partial charge >= 0.3 is 0 Å². The van der Waals surface area contributed by atoms with Crippen LogP contribution < -0.4 is 16.4 Å². The zero-order chi connectivity index (χ0) is 25.7. The van der Waals surface area contributed by atoms with E-state index in [1.807, 2.05) is 11.0 Å². The van der Waals surface area contributed by atoms with Gasteiger partial charge in [0.05, 0.1) is 11.7 Å². The number of anilines is 4. The van der Waals surface area contributed by atoms with Gasteiger partial charge in [-0.1, -0.05) is 17.7 Å². The van der Waals surface area contributed by atoms with E-state index in [-0.39, 0.29) is 5.91 Å². The monoisotopic (exact) mass is 520 g/mol. The molecule has 6 rings (SSSR count). The Morgan fingerprint density at radius 1 is 1.08 bits per heavy atom. The van der Waals surface area contributed by atoms with E-state index in [4.69, 9.17) is 17.3 Å². The van der Waals surface area contributed by atoms with Crippen LogP contribution >= 0.6 is 11.6 Å². The number of aryl methyl sites for hydroxylation is 2. The number of hydrogen-bond acceptors (Lipinski definition) is 7. The number of benzene rings is 1. The minimum absolute atomic E-state index is 0.130. The Hall–Kier alpha value is -3.17. The lowest BCUT2D eigenvalue weighted by Crippen LogP contribution is -2.48. The Labute approximate surface area is 221 Å². The molecule has 3 aromatic rings. The lowest BCUT2D eigenvalue weighted by Gasteiger charge is -2.34. The average molecular weight is 521 g/mol. The van der Waals surface area contributed by atoms with Gasteiger partial charge < -0.3 is 21.3 Å². The summed E-state index contributed by atoms with van der Waals surface area (Å²) in [6.45, 7) is 5.77. The summed E-state index contributed by atoms with van der Waals surface area (Å²) < 4.78 is 0. The largest absolute Gasteiger partial charge is 0.341 e. The molecule has 0 unspecified atom stereocenters. The van der Waals surface area contributed by atoms with Crippen molar-refractivity contribution in [3.05, 3.63) is 51.8 Å². The molecular formula is C27H33ClN8O. The number of nitrogens with two attached hydrogens (primary N) is 1. The molecule has 194 valence electrons. The molecule has 0 bridgehead atoms. The number of aromatic amines is 1. The first-order valence-electron chi connectivity index (χ1n) is 13.1. The molecular weight excluding hydrogens is 488 g/mol. The van der Waals surface area contributed by atoms with Crippen LogP contribution in [0.25, 0.3) is 0 Å². The number of nitrogens with one attached hydrogen (secondary N) is 3. The topological polar surface area (TPSA) is 125 Å². The molecule has 3 aliphatic rings. The molecule has 10 heteroatoms. The van der Waals surface area contributed by atoms with Crippen LogP contribution in [0.1, 0.15) is 72.7 Å². The third kappa shape index (κ3) is 5.02. The third-order valence-electron chi connectivity index (χ3n) is 7.90. The fourth-order valence-corrected chi connectivity index (χ4v) is 5.37. The van der Waals surface area contributed by atoms with Gasteiger partial charge in [-0.3, -0.25) is 9.89 Å². The summed E-state index contributed by atoms with van der Waals surface area (Å²) in [5.74, 6) is 2.81. The van der Waals surface area contributed by atoms with Gasteiger partial charge in [0.1, 0.15) is 5.02 Å². The van der Waals surface area contributed by atoms with E-state index in [2.05, 4.69) is 56.8 Å². The maximum absolute atomic E-state index is 12.6. The summed E-state index contributed by atoms with van der Waals surface area (Å²) in [7, 11) is 0. The summed E-state index contributed by atoms with van der Waals surface area (Å²) >= 11 is 6.37. The molecule has 2 aromatic heterocycles. The number of amides is 1. The Morgan fingerprint density at radius 2 is 1.84 bits per heavy atom. The number of likely N-dealkylation sites (tertiary alicyclic amines) is 1. The number of piperidine rings is 1. The summed E-state index contributed by atoms with van der Waals surface area (Å²) in [6.07, 6.45) is 7.55. The molecule has 1 amide bonds. The first-order valence-corrected chi connectivity index (χ1v) is 13.5. The molecule has 0 atom stereocenters. The first kappa shape index (κ1) is 24.2. The van der Waals surface area contributed by atoms with E-state index < -0.39 is 5.54 Å². The van der Waals surface area contributed by atoms with Crippen molar-refractivity contribution in [3.63, 3.8) is 0 Å². The van der Waals surface area contributed by atoms with Crippen molar-refractivity contribution >= 4 is 40.8 Å². The van der Waals surface area contributed by atoms with E-state index >= 15 is 0 Å². The molecule has 1 saturated heterocycles. The summed E-state index contributed by atoms with van der Waals surface area (Å²) in [4.78, 5) is 23.5. The van der Waals surface area contributed by atoms with Crippen LogP contribution in [0.5, 0.6) is 0 Å². The summed E-state index contributed by atoms with van der Waals surface area (Å²) in [5.41, 5.74) is 11.3. The fraction of sp³-hybridized carbons (Fsp3) is 0.481. The number of H-pyrrole nitrogens is 1. The van der Waals surface area contributed by atoms with Gasteiger partial charge in [0.2, 0.25) is 11.9 Å². The van der Waals surface area contributed by atoms with Gasteiger partial charge in [-0.15, -0.1) is 0 Å². The molecule has 3 heterocycles. The van der Waals surface area contributed by atoms with Crippen molar-refractivity contribution in [2.45, 2.75) is 69.7 Å². The molecule has 1 aromatic carbocycles. The number of nitrogens with zero attached hydrogens (tertiary/aromatic N) is 4. The average Bonchev–Trinajstić information content (AvgIpc) is 3.83. The van der Waals surface area contributed by atoms with Crippen molar-refractivity contribution in [2.75, 3.05) is 23.7 Å². The Balaban J connectivity index is 1.13. The zero-order valence-electron chi connectivity index (χ0n) is 21.3. The predicted octanol–water partition coefficient (Wildman–Crippen LogP) is 5.03. The first-order chi connectivity index (χ1) is 17.8. The predicted molar refractivity (Wildman–Crippen MR) is 145 cm³/mol. The minimum atomic E-state index is -0.580. The second-order valence-corrected chi connectivity index (χ2v) is 11.3. The fourth-order valence-electron chi connectivity index (χ4n) is 5.23. The minimum Gasteiger partial charge on any atom is -0.341 e. The van der Waals surface area contributed by atoms with Crippen molar-refractivity contribution in [3.8, 4) is 0 Å². The molecule has 1 aliphatic heterocycles. The molecule has 3 fully saturated rings. The number of carbonyl (C=O) groups is 1. The van der Waals surface area contributed by atoms with Crippen LogP contribution in [0.15, 0.2) is 24.4 Å². The zero-order valence-corrected chi connectivity index (χ0v) is 22.0. The maximum atomic E-state index is 12.6. The summed E-state index contributed by atoms with van der Waals surface area (Å²) in [6, 6.07) is 6.42. The quantitative estimate of drug-likeness (QED) is 0.344. The van der Waals surface area contributed by atoms with Crippen LogP contribution in [0, 0.1) is 13.8 Å². The van der Waals surface area contributed by atoms with Crippen LogP contribution in [-0.4, -0.2) is 49.6 Å². The van der Waals surface area contributed by atoms with E-state index in [1.165, 1.54) is 24.0 Å². The molecule has 9 nitrogen and oxygen atoms in total. The Morgan fingerprint density at radius 3 is 2.54 bits per heavy atom. The second-order valence-electron chi connectivity index (χ2n) is 10.9. The van der Waals surface area contributed by atoms with Gasteiger partial charge in [0, 0.05) is 36.5 Å². The standard InChI is InChI=1S/C27H33ClN8O/c1-15-12-21(16(2)11-19(15)17-5-9-36(10-6-17)25(37)27(29)7-8-27)31-26-30-14-20(28)24(33-26)32-23-13-22(34-35-23)18-3-4-18/h11-14,17-18H,3-10,29H2,1-2H3,(H3,30,31,32,33,34,35). The van der Waals surface area contributed by atoms with Gasteiger partial charge in [-0.05, 0) is 81.0 Å². The Bertz CT molecular complexity index is 1340. The Kier molecular flexibility index (Phi) is 6.07. The number of halogens is 1. The highest BCUT2D eigenvalue weighted by molar-refractivity contribution is 6.32. The third-order valence-corrected chi connectivity index (χ3v) is 8.18. The van der Waals surface area contributed by atoms with E-state index in [0.29, 0.717) is 34.4 Å². The van der Waals surface area contributed by atoms with E-state index in [0.717, 1.165) is 55.7 Å². The highest BCUT2D eigenvalue weighted by atomic mass is 35.5. The van der Waals surface area contributed by atoms with Crippen LogP contribution in [-0.2, 0) is 4.79 Å². The molecule has 0 spiro atoms. The SMILES string of the molecule is Cc1cc(C2CCN(C(=O)C3(N)CC3)CC2)c(C)cc1Nc1ncc(Cl)c(Nc2cc(C3CC3)[nH]n2)n1. The van der Waals surface area contributed by atoms with Crippen LogP contribution in [0.4, 0.5) is 23.3 Å². The molecule has 2 aliphatic carbocycles. The number of rotatable bonds is 7. The molecule has 0 radical (unpaired) electrons. The number of carbonyl (C=O) groups excluding carboxylic acids is 1. The number of aromatic nitrogens is 4. The van der Waals surface area contributed by atoms with Crippen molar-refractivity contribution < 1.29 is 4.79 Å². The lowest BCUT2D eigenvalue weighted by atomic mass is 9.85. The maximum Gasteiger partial charge on any atom is 0.242 e. The highest BCUT2D eigenvalue weighted by Crippen LogP contribution is 2.40. The highest BCUT2D eigenvalue weighted by Gasteiger charge is 2.48. The second kappa shape index (κ2) is 9.29. The summed E-state index contributed by atoms with van der Waals surface area (Å²) in [5, 5.41) is 14.4. The number of hydrogen-bond donors (Lipinski definition) is 4. The van der Waals surface area contributed by atoms with Crippen LogP contribution in [0.2, 0.25) is 5.02 Å². The van der Waals surface area contributed by atoms with E-state index in [1.54, 1.807) is 6.20 Å². The van der Waals surface area contributed by atoms with Crippen molar-refractivity contribution in [1.29, 1.82) is 0 Å². The van der Waals surface area contributed by atoms with Gasteiger partial charge in [-0.25, -0.2) is 4.98 Å². The van der Waals surface area contributed by atoms with Gasteiger partial charge in [0.25, 0.3) is 0 Å². The van der Waals surface area contributed by atoms with E-state index in [9.17, 15) is 4.79 Å². The normalized spacial score (nSPS) is 19.1. The lowest BCUT2D eigenvalue weighted by molar-refractivity contribution is -0.134. The van der Waals surface area contributed by atoms with Crippen molar-refractivity contribution in [1.82, 2.24) is 25.1 Å². The van der Waals surface area contributed by atoms with Crippen molar-refractivity contribution in [2.24, 2.45) is 5.73 Å². The molecule has 2 saturated carbocycles. The van der Waals surface area contributed by atoms with Gasteiger partial charge in [0.15, 0.2) is 11.6 Å². The molecule has 37 heavy (non-hydrogen) atoms. The molecule has 5 N–H and O–H groups in total. The van der Waals surface area contributed by atoms with Gasteiger partial charge in [-0.2, -0.15) is 10.1 Å². The van der Waals surface area contributed by atoms with Crippen LogP contribution in [0.3, 0.4) is 0 Å².